The molecule has 2 amide bonds. The van der Waals surface area contributed by atoms with E-state index in [1.807, 2.05) is 0 Å². The summed E-state index contributed by atoms with van der Waals surface area (Å²) in [4.78, 5) is 33.5. The Morgan fingerprint density at radius 3 is 2.44 bits per heavy atom. The standard InChI is InChI=1S/C11H21N3O4/c1-8(15)13-7-10(16)14-9(11(17)18-2)5-3-4-6-12/h9H,3-7,12H2,1-2H3,(H,13,15)(H,14,16)/t9-/m0/s1. The molecule has 0 bridgehead atoms. The van der Waals surface area contributed by atoms with Gasteiger partial charge in [-0.15, -0.1) is 0 Å². The number of methoxy groups -OCH3 is 1. The summed E-state index contributed by atoms with van der Waals surface area (Å²) in [5.74, 6) is -1.22. The maximum absolute atomic E-state index is 11.5. The predicted molar refractivity (Wildman–Crippen MR) is 65.5 cm³/mol. The van der Waals surface area contributed by atoms with Gasteiger partial charge < -0.3 is 21.1 Å². The third-order valence-electron chi connectivity index (χ3n) is 2.27. The molecule has 0 aromatic carbocycles. The lowest BCUT2D eigenvalue weighted by Gasteiger charge is -2.16. The molecule has 1 atom stereocenters. The Morgan fingerprint density at radius 2 is 1.94 bits per heavy atom. The van der Waals surface area contributed by atoms with Crippen molar-refractivity contribution >= 4 is 17.8 Å². The molecule has 0 saturated heterocycles. The first-order chi connectivity index (χ1) is 8.51. The van der Waals surface area contributed by atoms with Gasteiger partial charge in [-0.3, -0.25) is 9.59 Å². The van der Waals surface area contributed by atoms with E-state index in [-0.39, 0.29) is 12.5 Å². The van der Waals surface area contributed by atoms with Crippen molar-refractivity contribution in [3.05, 3.63) is 0 Å². The van der Waals surface area contributed by atoms with Gasteiger partial charge in [0.25, 0.3) is 0 Å². The number of nitrogens with one attached hydrogen (secondary N) is 2. The fourth-order valence-electron chi connectivity index (χ4n) is 1.33. The summed E-state index contributed by atoms with van der Waals surface area (Å²) in [5, 5.41) is 4.86. The minimum atomic E-state index is -0.692. The first-order valence-corrected chi connectivity index (χ1v) is 5.83. The largest absolute Gasteiger partial charge is 0.467 e. The molecular weight excluding hydrogens is 238 g/mol. The number of hydrogen-bond donors (Lipinski definition) is 3. The number of nitrogens with two attached hydrogens (primary N) is 1. The SMILES string of the molecule is COC(=O)[C@H](CCCCN)NC(=O)CNC(C)=O. The van der Waals surface area contributed by atoms with Crippen molar-refractivity contribution in [2.45, 2.75) is 32.2 Å². The molecule has 7 heteroatoms. The number of carbonyl (C=O) groups excluding carboxylic acids is 3. The van der Waals surface area contributed by atoms with Crippen molar-refractivity contribution in [2.75, 3.05) is 20.2 Å². The lowest BCUT2D eigenvalue weighted by Crippen LogP contribution is -2.45. The van der Waals surface area contributed by atoms with Crippen LogP contribution in [0.2, 0.25) is 0 Å². The number of unbranched alkanes of at least 4 members (excludes halogenated alkanes) is 1. The third-order valence-corrected chi connectivity index (χ3v) is 2.27. The molecule has 0 fully saturated rings. The van der Waals surface area contributed by atoms with E-state index in [0.717, 1.165) is 12.8 Å². The third kappa shape index (κ3) is 7.61. The Labute approximate surface area is 106 Å². The number of amides is 2. The summed E-state index contributed by atoms with van der Waals surface area (Å²) in [5.41, 5.74) is 5.35. The topological polar surface area (TPSA) is 111 Å². The van der Waals surface area contributed by atoms with Crippen molar-refractivity contribution in [3.8, 4) is 0 Å². The summed E-state index contributed by atoms with van der Waals surface area (Å²) < 4.78 is 4.60. The Balaban J connectivity index is 4.17. The molecule has 0 aliphatic rings. The zero-order chi connectivity index (χ0) is 14.0. The van der Waals surface area contributed by atoms with Gasteiger partial charge in [-0.05, 0) is 25.8 Å². The minimum absolute atomic E-state index is 0.153. The lowest BCUT2D eigenvalue weighted by atomic mass is 10.1. The quantitative estimate of drug-likeness (QED) is 0.379. The van der Waals surface area contributed by atoms with Crippen molar-refractivity contribution in [3.63, 3.8) is 0 Å². The first-order valence-electron chi connectivity index (χ1n) is 5.83. The Bertz CT molecular complexity index is 294. The van der Waals surface area contributed by atoms with Crippen LogP contribution in [0.15, 0.2) is 0 Å². The highest BCUT2D eigenvalue weighted by Crippen LogP contribution is 2.02. The molecule has 0 unspecified atom stereocenters. The fraction of sp³-hybridized carbons (Fsp3) is 0.727. The van der Waals surface area contributed by atoms with Gasteiger partial charge in [0, 0.05) is 6.92 Å². The minimum Gasteiger partial charge on any atom is -0.467 e. The molecule has 0 heterocycles. The van der Waals surface area contributed by atoms with Crippen LogP contribution in [0.25, 0.3) is 0 Å². The van der Waals surface area contributed by atoms with Crippen LogP contribution in [-0.2, 0) is 19.1 Å². The molecule has 0 aromatic rings. The summed E-state index contributed by atoms with van der Waals surface area (Å²) in [6.07, 6.45) is 1.96. The van der Waals surface area contributed by atoms with Gasteiger partial charge in [-0.25, -0.2) is 4.79 Å². The van der Waals surface area contributed by atoms with Gasteiger partial charge in [0.1, 0.15) is 6.04 Å². The molecule has 0 saturated carbocycles. The summed E-state index contributed by atoms with van der Waals surface area (Å²) in [6.45, 7) is 1.69. The van der Waals surface area contributed by atoms with E-state index in [0.29, 0.717) is 13.0 Å². The highest BCUT2D eigenvalue weighted by molar-refractivity contribution is 5.87. The number of esters is 1. The number of ether oxygens (including phenoxy) is 1. The molecule has 0 aromatic heterocycles. The monoisotopic (exact) mass is 259 g/mol. The number of rotatable bonds is 8. The van der Waals surface area contributed by atoms with Crippen molar-refractivity contribution in [2.24, 2.45) is 5.73 Å². The van der Waals surface area contributed by atoms with E-state index in [1.165, 1.54) is 14.0 Å². The van der Waals surface area contributed by atoms with Gasteiger partial charge in [-0.1, -0.05) is 0 Å². The van der Waals surface area contributed by atoms with Gasteiger partial charge in [-0.2, -0.15) is 0 Å². The average Bonchev–Trinajstić information content (AvgIpc) is 2.34. The molecule has 0 aliphatic heterocycles. The molecule has 0 spiro atoms. The van der Waals surface area contributed by atoms with E-state index < -0.39 is 17.9 Å². The van der Waals surface area contributed by atoms with E-state index >= 15 is 0 Å². The summed E-state index contributed by atoms with van der Waals surface area (Å²) in [7, 11) is 1.26. The van der Waals surface area contributed by atoms with E-state index in [9.17, 15) is 14.4 Å². The second-order valence-corrected chi connectivity index (χ2v) is 3.84. The molecule has 7 nitrogen and oxygen atoms in total. The molecule has 18 heavy (non-hydrogen) atoms. The van der Waals surface area contributed by atoms with Gasteiger partial charge in [0.15, 0.2) is 0 Å². The second-order valence-electron chi connectivity index (χ2n) is 3.84. The van der Waals surface area contributed by atoms with Crippen molar-refractivity contribution < 1.29 is 19.1 Å². The average molecular weight is 259 g/mol. The highest BCUT2D eigenvalue weighted by Gasteiger charge is 2.20. The van der Waals surface area contributed by atoms with Gasteiger partial charge in [0.2, 0.25) is 11.8 Å². The Hall–Kier alpha value is -1.63. The zero-order valence-corrected chi connectivity index (χ0v) is 10.8. The van der Waals surface area contributed by atoms with E-state index in [1.54, 1.807) is 0 Å². The zero-order valence-electron chi connectivity index (χ0n) is 10.8. The normalized spacial score (nSPS) is 11.5. The van der Waals surface area contributed by atoms with Gasteiger partial charge in [0.05, 0.1) is 13.7 Å². The molecule has 104 valence electrons. The van der Waals surface area contributed by atoms with Crippen LogP contribution in [0.4, 0.5) is 0 Å². The maximum Gasteiger partial charge on any atom is 0.328 e. The lowest BCUT2D eigenvalue weighted by molar-refractivity contribution is -0.145. The van der Waals surface area contributed by atoms with Crippen molar-refractivity contribution in [1.29, 1.82) is 0 Å². The number of hydrogen-bond acceptors (Lipinski definition) is 5. The van der Waals surface area contributed by atoms with E-state index in [2.05, 4.69) is 15.4 Å². The first kappa shape index (κ1) is 16.4. The van der Waals surface area contributed by atoms with Crippen LogP contribution in [-0.4, -0.2) is 44.0 Å². The highest BCUT2D eigenvalue weighted by atomic mass is 16.5. The molecule has 0 radical (unpaired) electrons. The van der Waals surface area contributed by atoms with Crippen LogP contribution in [0.1, 0.15) is 26.2 Å². The van der Waals surface area contributed by atoms with Crippen LogP contribution >= 0.6 is 0 Å². The van der Waals surface area contributed by atoms with Gasteiger partial charge >= 0.3 is 5.97 Å². The van der Waals surface area contributed by atoms with Crippen LogP contribution in [0.3, 0.4) is 0 Å². The summed E-state index contributed by atoms with van der Waals surface area (Å²) in [6, 6.07) is -0.692. The Morgan fingerprint density at radius 1 is 1.28 bits per heavy atom. The van der Waals surface area contributed by atoms with Crippen molar-refractivity contribution in [1.82, 2.24) is 10.6 Å². The maximum atomic E-state index is 11.5. The molecular formula is C11H21N3O4. The smallest absolute Gasteiger partial charge is 0.328 e. The van der Waals surface area contributed by atoms with E-state index in [4.69, 9.17) is 5.73 Å². The predicted octanol–water partition coefficient (Wildman–Crippen LogP) is -1.09. The van der Waals surface area contributed by atoms with Crippen LogP contribution < -0.4 is 16.4 Å². The fourth-order valence-corrected chi connectivity index (χ4v) is 1.33. The molecule has 0 aliphatic carbocycles. The summed E-state index contributed by atoms with van der Waals surface area (Å²) >= 11 is 0. The van der Waals surface area contributed by atoms with Crippen LogP contribution in [0, 0.1) is 0 Å². The Kier molecular flexibility index (Phi) is 8.55. The second kappa shape index (κ2) is 9.41. The number of carbonyl (C=O) groups is 3. The van der Waals surface area contributed by atoms with Crippen LogP contribution in [0.5, 0.6) is 0 Å². The molecule has 4 N–H and O–H groups in total. The molecule has 0 rings (SSSR count).